The molecule has 4 heteroatoms. The van der Waals surface area contributed by atoms with Gasteiger partial charge in [0.05, 0.1) is 12.2 Å². The van der Waals surface area contributed by atoms with Crippen molar-refractivity contribution < 1.29 is 4.74 Å². The zero-order valence-electron chi connectivity index (χ0n) is 18.8. The number of hydrogen-bond acceptors (Lipinski definition) is 4. The van der Waals surface area contributed by atoms with Gasteiger partial charge in [0.15, 0.2) is 0 Å². The zero-order chi connectivity index (χ0) is 19.5. The minimum absolute atomic E-state index is 0. The predicted molar refractivity (Wildman–Crippen MR) is 123 cm³/mol. The number of piperidine rings is 3. The molecule has 3 aliphatic heterocycles. The Hall–Kier alpha value is -0.160. The standard InChI is InChI=1S/C24H45N3O.CH4/c1-19(2)21-6-14-27(15-7-21)22-16-24(17-22)28-23-8-12-26(13-9-23)18-20-4-10-25(3)11-5-20;/h19-24H,4-18H2,1-3H3;1H4. The van der Waals surface area contributed by atoms with E-state index in [-0.39, 0.29) is 7.43 Å². The maximum Gasteiger partial charge on any atom is 0.0608 e. The van der Waals surface area contributed by atoms with Gasteiger partial charge < -0.3 is 19.4 Å². The molecule has 0 amide bonds. The summed E-state index contributed by atoms with van der Waals surface area (Å²) < 4.78 is 6.50. The fourth-order valence-electron chi connectivity index (χ4n) is 6.01. The van der Waals surface area contributed by atoms with Gasteiger partial charge in [-0.25, -0.2) is 0 Å². The minimum atomic E-state index is 0. The van der Waals surface area contributed by atoms with Gasteiger partial charge >= 0.3 is 0 Å². The van der Waals surface area contributed by atoms with Crippen LogP contribution in [0.1, 0.15) is 72.6 Å². The highest BCUT2D eigenvalue weighted by atomic mass is 16.5. The average molecular weight is 408 g/mol. The molecule has 0 N–H and O–H groups in total. The molecule has 0 bridgehead atoms. The summed E-state index contributed by atoms with van der Waals surface area (Å²) in [6.07, 6.45) is 11.8. The Morgan fingerprint density at radius 1 is 0.793 bits per heavy atom. The van der Waals surface area contributed by atoms with Crippen LogP contribution in [0.4, 0.5) is 0 Å². The van der Waals surface area contributed by atoms with Crippen molar-refractivity contribution in [3.05, 3.63) is 0 Å². The molecular weight excluding hydrogens is 358 g/mol. The van der Waals surface area contributed by atoms with Crippen molar-refractivity contribution in [1.29, 1.82) is 0 Å². The maximum absolute atomic E-state index is 6.50. The van der Waals surface area contributed by atoms with E-state index < -0.39 is 0 Å². The van der Waals surface area contributed by atoms with Gasteiger partial charge in [0, 0.05) is 25.7 Å². The lowest BCUT2D eigenvalue weighted by Crippen LogP contribution is -2.52. The van der Waals surface area contributed by atoms with E-state index in [0.717, 1.165) is 23.8 Å². The third-order valence-electron chi connectivity index (χ3n) is 8.38. The summed E-state index contributed by atoms with van der Waals surface area (Å²) in [5.74, 6) is 2.76. The van der Waals surface area contributed by atoms with Gasteiger partial charge in [-0.15, -0.1) is 0 Å². The van der Waals surface area contributed by atoms with E-state index in [2.05, 4.69) is 35.6 Å². The fourth-order valence-corrected chi connectivity index (χ4v) is 6.01. The predicted octanol–water partition coefficient (Wildman–Crippen LogP) is 4.34. The van der Waals surface area contributed by atoms with E-state index in [1.165, 1.54) is 97.2 Å². The minimum Gasteiger partial charge on any atom is -0.375 e. The van der Waals surface area contributed by atoms with Crippen molar-refractivity contribution in [2.45, 2.75) is 90.9 Å². The van der Waals surface area contributed by atoms with Crippen molar-refractivity contribution in [2.75, 3.05) is 52.9 Å². The van der Waals surface area contributed by atoms with E-state index in [1.807, 2.05) is 0 Å². The normalized spacial score (nSPS) is 32.3. The summed E-state index contributed by atoms with van der Waals surface area (Å²) in [4.78, 5) is 7.97. The van der Waals surface area contributed by atoms with Crippen LogP contribution in [0.25, 0.3) is 0 Å². The molecule has 0 unspecified atom stereocenters. The number of likely N-dealkylation sites (tertiary alicyclic amines) is 3. The van der Waals surface area contributed by atoms with Crippen LogP contribution in [0.3, 0.4) is 0 Å². The summed E-state index contributed by atoms with van der Waals surface area (Å²) >= 11 is 0. The van der Waals surface area contributed by atoms with Crippen molar-refractivity contribution >= 4 is 0 Å². The van der Waals surface area contributed by atoms with Crippen LogP contribution in [0.15, 0.2) is 0 Å². The molecule has 4 aliphatic rings. The van der Waals surface area contributed by atoms with Crippen molar-refractivity contribution in [2.24, 2.45) is 17.8 Å². The average Bonchev–Trinajstić information content (AvgIpc) is 2.67. The molecule has 4 rings (SSSR count). The maximum atomic E-state index is 6.50. The summed E-state index contributed by atoms with van der Waals surface area (Å²) in [6.45, 7) is 13.9. The molecule has 0 aromatic rings. The van der Waals surface area contributed by atoms with E-state index in [4.69, 9.17) is 4.74 Å². The van der Waals surface area contributed by atoms with Gasteiger partial charge in [-0.1, -0.05) is 21.3 Å². The van der Waals surface area contributed by atoms with E-state index in [9.17, 15) is 0 Å². The molecule has 1 aliphatic carbocycles. The molecule has 0 aromatic carbocycles. The number of nitrogens with zero attached hydrogens (tertiary/aromatic N) is 3. The van der Waals surface area contributed by atoms with Crippen LogP contribution in [-0.4, -0.2) is 85.8 Å². The lowest BCUT2D eigenvalue weighted by Gasteiger charge is -2.47. The Labute approximate surface area is 181 Å². The lowest BCUT2D eigenvalue weighted by molar-refractivity contribution is -0.108. The van der Waals surface area contributed by atoms with Crippen molar-refractivity contribution in [1.82, 2.24) is 14.7 Å². The Kier molecular flexibility index (Phi) is 8.86. The summed E-state index contributed by atoms with van der Waals surface area (Å²) in [7, 11) is 2.26. The van der Waals surface area contributed by atoms with Gasteiger partial charge in [0.25, 0.3) is 0 Å². The molecule has 1 saturated carbocycles. The van der Waals surface area contributed by atoms with Crippen LogP contribution < -0.4 is 0 Å². The highest BCUT2D eigenvalue weighted by Crippen LogP contribution is 2.34. The van der Waals surface area contributed by atoms with Gasteiger partial charge in [-0.3, -0.25) is 0 Å². The Morgan fingerprint density at radius 2 is 1.41 bits per heavy atom. The molecule has 3 saturated heterocycles. The summed E-state index contributed by atoms with van der Waals surface area (Å²) in [5.41, 5.74) is 0. The molecule has 0 atom stereocenters. The van der Waals surface area contributed by atoms with Gasteiger partial charge in [-0.2, -0.15) is 0 Å². The highest BCUT2D eigenvalue weighted by molar-refractivity contribution is 4.91. The molecule has 4 nitrogen and oxygen atoms in total. The third-order valence-corrected chi connectivity index (χ3v) is 8.38. The Bertz CT molecular complexity index is 455. The first-order valence-electron chi connectivity index (χ1n) is 12.4. The van der Waals surface area contributed by atoms with E-state index in [1.54, 1.807) is 0 Å². The Balaban J connectivity index is 0.00000240. The lowest BCUT2D eigenvalue weighted by atomic mass is 9.82. The Morgan fingerprint density at radius 3 is 2.00 bits per heavy atom. The van der Waals surface area contributed by atoms with Crippen molar-refractivity contribution in [3.63, 3.8) is 0 Å². The topological polar surface area (TPSA) is 19.0 Å². The quantitative estimate of drug-likeness (QED) is 0.652. The van der Waals surface area contributed by atoms with Crippen LogP contribution >= 0.6 is 0 Å². The first kappa shape index (κ1) is 23.5. The molecule has 3 heterocycles. The molecular formula is C25H49N3O. The van der Waals surface area contributed by atoms with Crippen molar-refractivity contribution in [3.8, 4) is 0 Å². The van der Waals surface area contributed by atoms with Gasteiger partial charge in [0.2, 0.25) is 0 Å². The van der Waals surface area contributed by atoms with Gasteiger partial charge in [-0.05, 0) is 102 Å². The van der Waals surface area contributed by atoms with Crippen LogP contribution in [-0.2, 0) is 4.74 Å². The molecule has 0 radical (unpaired) electrons. The second kappa shape index (κ2) is 10.9. The number of hydrogen-bond donors (Lipinski definition) is 0. The third kappa shape index (κ3) is 6.41. The number of rotatable bonds is 6. The van der Waals surface area contributed by atoms with Crippen LogP contribution in [0, 0.1) is 17.8 Å². The first-order chi connectivity index (χ1) is 13.6. The molecule has 170 valence electrons. The monoisotopic (exact) mass is 407 g/mol. The van der Waals surface area contributed by atoms with Crippen LogP contribution in [0.5, 0.6) is 0 Å². The largest absolute Gasteiger partial charge is 0.375 e. The first-order valence-corrected chi connectivity index (χ1v) is 12.4. The van der Waals surface area contributed by atoms with Crippen LogP contribution in [0.2, 0.25) is 0 Å². The second-order valence-electron chi connectivity index (χ2n) is 10.7. The molecule has 4 fully saturated rings. The van der Waals surface area contributed by atoms with E-state index >= 15 is 0 Å². The molecule has 29 heavy (non-hydrogen) atoms. The smallest absolute Gasteiger partial charge is 0.0608 e. The fraction of sp³-hybridized carbons (Fsp3) is 1.00. The summed E-state index contributed by atoms with van der Waals surface area (Å²) in [5, 5.41) is 0. The zero-order valence-corrected chi connectivity index (χ0v) is 18.8. The summed E-state index contributed by atoms with van der Waals surface area (Å²) in [6, 6.07) is 0.822. The van der Waals surface area contributed by atoms with Gasteiger partial charge in [0.1, 0.15) is 0 Å². The molecule has 0 aromatic heterocycles. The number of ether oxygens (including phenoxy) is 1. The van der Waals surface area contributed by atoms with E-state index in [0.29, 0.717) is 12.2 Å². The highest BCUT2D eigenvalue weighted by Gasteiger charge is 2.38. The molecule has 0 spiro atoms. The second-order valence-corrected chi connectivity index (χ2v) is 10.7. The SMILES string of the molecule is C.CC(C)C1CCN(C2CC(OC3CCN(CC4CCN(C)CC4)CC3)C2)CC1.